The molecule has 10 heteroatoms. The van der Waals surface area contributed by atoms with Gasteiger partial charge in [0.25, 0.3) is 5.69 Å². The lowest BCUT2D eigenvalue weighted by molar-refractivity contribution is -0.384. The van der Waals surface area contributed by atoms with E-state index < -0.39 is 22.3 Å². The third kappa shape index (κ3) is 4.24. The summed E-state index contributed by atoms with van der Waals surface area (Å²) in [4.78, 5) is 35.0. The molecule has 0 aliphatic carbocycles. The summed E-state index contributed by atoms with van der Waals surface area (Å²) in [5, 5.41) is 23.1. The fraction of sp³-hybridized carbons (Fsp3) is 0.375. The number of ether oxygens (including phenoxy) is 3. The van der Waals surface area contributed by atoms with Gasteiger partial charge >= 0.3 is 11.9 Å². The van der Waals surface area contributed by atoms with Crippen LogP contribution in [0.2, 0.25) is 0 Å². The maximum Gasteiger partial charge on any atom is 0.305 e. The summed E-state index contributed by atoms with van der Waals surface area (Å²) in [5.74, 6) is -0.458. The number of methoxy groups -OCH3 is 3. The molecule has 0 fully saturated rings. The van der Waals surface area contributed by atoms with Gasteiger partial charge in [0.05, 0.1) is 43.3 Å². The van der Waals surface area contributed by atoms with E-state index >= 15 is 0 Å². The number of hydrogen-bond donors (Lipinski definition) is 0. The molecule has 1 aromatic heterocycles. The van der Waals surface area contributed by atoms with Gasteiger partial charge in [-0.05, 0) is 30.5 Å². The smallest absolute Gasteiger partial charge is 0.305 e. The van der Waals surface area contributed by atoms with E-state index in [1.54, 1.807) is 25.2 Å². The molecule has 0 atom stereocenters. The van der Waals surface area contributed by atoms with Crippen LogP contribution in [-0.4, -0.2) is 42.8 Å². The lowest BCUT2D eigenvalue weighted by atomic mass is 9.73. The van der Waals surface area contributed by atoms with E-state index in [4.69, 9.17) is 14.2 Å². The lowest BCUT2D eigenvalue weighted by Crippen LogP contribution is -2.27. The van der Waals surface area contributed by atoms with Crippen LogP contribution in [0.3, 0.4) is 0 Å². The number of aromatic nitrogens is 1. The van der Waals surface area contributed by atoms with Gasteiger partial charge in [0, 0.05) is 48.3 Å². The van der Waals surface area contributed by atoms with E-state index in [0.717, 1.165) is 0 Å². The molecule has 0 unspecified atom stereocenters. The molecular weight excluding hydrogens is 442 g/mol. The quantitative estimate of drug-likeness (QED) is 0.263. The molecule has 2 aromatic carbocycles. The van der Waals surface area contributed by atoms with Crippen LogP contribution in [0.25, 0.3) is 21.8 Å². The minimum Gasteiger partial charge on any atom is -0.495 e. The number of carbonyl (C=O) groups is 2. The van der Waals surface area contributed by atoms with Gasteiger partial charge in [-0.15, -0.1) is 0 Å². The maximum absolute atomic E-state index is 12.0. The zero-order valence-corrected chi connectivity index (χ0v) is 19.4. The Hall–Kier alpha value is -4.13. The second-order valence-electron chi connectivity index (χ2n) is 7.90. The van der Waals surface area contributed by atoms with E-state index in [-0.39, 0.29) is 31.4 Å². The number of nitriles is 1. The highest BCUT2D eigenvalue weighted by atomic mass is 16.6. The van der Waals surface area contributed by atoms with Crippen molar-refractivity contribution in [3.8, 4) is 11.8 Å². The van der Waals surface area contributed by atoms with Gasteiger partial charge in [-0.2, -0.15) is 5.26 Å². The fourth-order valence-corrected chi connectivity index (χ4v) is 4.39. The van der Waals surface area contributed by atoms with Crippen molar-refractivity contribution >= 4 is 39.4 Å². The number of nitro groups is 1. The van der Waals surface area contributed by atoms with Gasteiger partial charge in [0.15, 0.2) is 0 Å². The summed E-state index contributed by atoms with van der Waals surface area (Å²) in [6, 6.07) is 10.3. The zero-order valence-electron chi connectivity index (χ0n) is 19.4. The van der Waals surface area contributed by atoms with Gasteiger partial charge in [0.1, 0.15) is 5.75 Å². The highest BCUT2D eigenvalue weighted by molar-refractivity contribution is 6.13. The molecule has 0 aliphatic heterocycles. The number of rotatable bonds is 9. The van der Waals surface area contributed by atoms with Gasteiger partial charge in [-0.1, -0.05) is 6.07 Å². The average molecular weight is 467 g/mol. The molecule has 3 aromatic rings. The van der Waals surface area contributed by atoms with Crippen molar-refractivity contribution in [2.24, 2.45) is 7.05 Å². The Morgan fingerprint density at radius 2 is 1.71 bits per heavy atom. The van der Waals surface area contributed by atoms with Crippen LogP contribution in [0, 0.1) is 21.4 Å². The Labute approximate surface area is 195 Å². The van der Waals surface area contributed by atoms with E-state index in [1.165, 1.54) is 33.5 Å². The summed E-state index contributed by atoms with van der Waals surface area (Å²) in [5.41, 5.74) is 0.529. The molecular formula is C24H25N3O7. The van der Waals surface area contributed by atoms with Crippen LogP contribution in [-0.2, 0) is 31.5 Å². The van der Waals surface area contributed by atoms with Gasteiger partial charge < -0.3 is 18.8 Å². The molecule has 34 heavy (non-hydrogen) atoms. The van der Waals surface area contributed by atoms with Gasteiger partial charge in [-0.3, -0.25) is 19.7 Å². The first-order valence-electron chi connectivity index (χ1n) is 10.5. The third-order valence-corrected chi connectivity index (χ3v) is 6.21. The minimum absolute atomic E-state index is 0.0519. The third-order valence-electron chi connectivity index (χ3n) is 6.21. The number of non-ortho nitro benzene ring substituents is 1. The Morgan fingerprint density at radius 1 is 1.09 bits per heavy atom. The first-order valence-corrected chi connectivity index (χ1v) is 10.5. The van der Waals surface area contributed by atoms with Crippen molar-refractivity contribution in [1.82, 2.24) is 4.57 Å². The van der Waals surface area contributed by atoms with Gasteiger partial charge in [0.2, 0.25) is 0 Å². The van der Waals surface area contributed by atoms with Gasteiger partial charge in [-0.25, -0.2) is 0 Å². The number of fused-ring (bicyclic) bond motifs is 3. The van der Waals surface area contributed by atoms with E-state index in [9.17, 15) is 25.0 Å². The summed E-state index contributed by atoms with van der Waals surface area (Å²) >= 11 is 0. The standard InChI is InChI=1S/C24H25N3O7/c1-26-18-7-5-15(27(30)31)13-16(18)22-17(6-8-19(32-2)23(22)26)24(14-25,11-9-20(28)33-3)12-10-21(29)34-4/h5-8,13H,9-12H2,1-4H3. The van der Waals surface area contributed by atoms with Crippen LogP contribution in [0.5, 0.6) is 5.75 Å². The number of hydrogen-bond acceptors (Lipinski definition) is 8. The highest BCUT2D eigenvalue weighted by Gasteiger charge is 2.37. The van der Waals surface area contributed by atoms with Crippen molar-refractivity contribution in [2.75, 3.05) is 21.3 Å². The molecule has 0 bridgehead atoms. The molecule has 0 radical (unpaired) electrons. The molecule has 0 saturated heterocycles. The molecule has 0 saturated carbocycles. The Balaban J connectivity index is 2.38. The van der Waals surface area contributed by atoms with Crippen molar-refractivity contribution in [3.05, 3.63) is 46.0 Å². The van der Waals surface area contributed by atoms with Crippen LogP contribution < -0.4 is 4.74 Å². The van der Waals surface area contributed by atoms with Crippen molar-refractivity contribution < 1.29 is 28.7 Å². The largest absolute Gasteiger partial charge is 0.495 e. The van der Waals surface area contributed by atoms with Crippen molar-refractivity contribution in [1.29, 1.82) is 5.26 Å². The second kappa shape index (κ2) is 9.79. The number of aryl methyl sites for hydroxylation is 1. The highest BCUT2D eigenvalue weighted by Crippen LogP contribution is 2.45. The molecule has 3 rings (SSSR count). The van der Waals surface area contributed by atoms with Crippen LogP contribution >= 0.6 is 0 Å². The van der Waals surface area contributed by atoms with E-state index in [1.807, 2.05) is 4.57 Å². The SMILES string of the molecule is COC(=O)CCC(C#N)(CCC(=O)OC)c1ccc(OC)c2c1c1cc([N+](=O)[O-])ccc1n2C. The fourth-order valence-electron chi connectivity index (χ4n) is 4.39. The van der Waals surface area contributed by atoms with Crippen LogP contribution in [0.1, 0.15) is 31.2 Å². The Morgan fingerprint density at radius 3 is 2.21 bits per heavy atom. The lowest BCUT2D eigenvalue weighted by Gasteiger charge is -2.28. The predicted molar refractivity (Wildman–Crippen MR) is 123 cm³/mol. The van der Waals surface area contributed by atoms with Crippen molar-refractivity contribution in [3.63, 3.8) is 0 Å². The Kier molecular flexibility index (Phi) is 7.05. The van der Waals surface area contributed by atoms with Crippen molar-refractivity contribution in [2.45, 2.75) is 31.1 Å². The summed E-state index contributed by atoms with van der Waals surface area (Å²) < 4.78 is 17.0. The number of benzene rings is 2. The molecule has 0 amide bonds. The first-order chi connectivity index (χ1) is 16.2. The minimum atomic E-state index is -1.27. The molecule has 0 aliphatic rings. The molecule has 0 N–H and O–H groups in total. The molecule has 10 nitrogen and oxygen atoms in total. The molecule has 178 valence electrons. The van der Waals surface area contributed by atoms with Crippen LogP contribution in [0.15, 0.2) is 30.3 Å². The number of nitrogens with zero attached hydrogens (tertiary/aromatic N) is 3. The monoisotopic (exact) mass is 467 g/mol. The summed E-state index contributed by atoms with van der Waals surface area (Å²) in [7, 11) is 5.85. The molecule has 1 heterocycles. The number of carbonyl (C=O) groups excluding carboxylic acids is 2. The maximum atomic E-state index is 12.0. The zero-order chi connectivity index (χ0) is 25.0. The number of esters is 2. The van der Waals surface area contributed by atoms with E-state index in [0.29, 0.717) is 33.1 Å². The Bertz CT molecular complexity index is 1300. The normalized spacial score (nSPS) is 11.3. The molecule has 0 spiro atoms. The predicted octanol–water partition coefficient (Wildman–Crippen LogP) is 3.92. The average Bonchev–Trinajstić information content (AvgIpc) is 3.15. The summed E-state index contributed by atoms with van der Waals surface area (Å²) in [6.07, 6.45) is 0.0627. The first kappa shape index (κ1) is 24.5. The van der Waals surface area contributed by atoms with Crippen LogP contribution in [0.4, 0.5) is 5.69 Å². The second-order valence-corrected chi connectivity index (χ2v) is 7.90. The number of nitro benzene ring substituents is 1. The topological polar surface area (TPSA) is 134 Å². The van der Waals surface area contributed by atoms with E-state index in [2.05, 4.69) is 6.07 Å². The summed E-state index contributed by atoms with van der Waals surface area (Å²) in [6.45, 7) is 0.